The molecule has 0 unspecified atom stereocenters. The quantitative estimate of drug-likeness (QED) is 0.466. The molecule has 0 saturated carbocycles. The zero-order valence-electron chi connectivity index (χ0n) is 18.1. The average molecular weight is 430 g/mol. The number of nitrogens with zero attached hydrogens (tertiary/aromatic N) is 1. The fourth-order valence-corrected chi connectivity index (χ4v) is 4.14. The third kappa shape index (κ3) is 4.43. The number of hydrogen-bond acceptors (Lipinski definition) is 5. The Labute approximate surface area is 188 Å². The zero-order valence-corrected chi connectivity index (χ0v) is 18.1. The van der Waals surface area contributed by atoms with Crippen LogP contribution in [0.1, 0.15) is 41.3 Å². The molecule has 164 valence electrons. The van der Waals surface area contributed by atoms with Gasteiger partial charge in [0.1, 0.15) is 6.10 Å². The average Bonchev–Trinajstić information content (AvgIpc) is 2.85. The number of piperidine rings is 1. The maximum absolute atomic E-state index is 13.3. The maximum atomic E-state index is 13.3. The second-order valence-corrected chi connectivity index (χ2v) is 8.14. The third-order valence-electron chi connectivity index (χ3n) is 6.03. The zero-order chi connectivity index (χ0) is 22.6. The van der Waals surface area contributed by atoms with Gasteiger partial charge in [-0.3, -0.25) is 4.79 Å². The minimum Gasteiger partial charge on any atom is -0.460 e. The van der Waals surface area contributed by atoms with Gasteiger partial charge in [0.05, 0.1) is 0 Å². The molecule has 1 fully saturated rings. The summed E-state index contributed by atoms with van der Waals surface area (Å²) in [5.74, 6) is -0.606. The van der Waals surface area contributed by atoms with Gasteiger partial charge in [0, 0.05) is 37.2 Å². The van der Waals surface area contributed by atoms with Crippen LogP contribution in [0.2, 0.25) is 0 Å². The van der Waals surface area contributed by atoms with E-state index in [9.17, 15) is 14.7 Å². The Morgan fingerprint density at radius 1 is 0.844 bits per heavy atom. The van der Waals surface area contributed by atoms with Crippen molar-refractivity contribution in [2.24, 2.45) is 0 Å². The molecule has 3 aromatic rings. The van der Waals surface area contributed by atoms with E-state index in [4.69, 9.17) is 4.74 Å². The van der Waals surface area contributed by atoms with Crippen molar-refractivity contribution < 1.29 is 19.4 Å². The van der Waals surface area contributed by atoms with E-state index >= 15 is 0 Å². The van der Waals surface area contributed by atoms with Gasteiger partial charge in [-0.05, 0) is 42.3 Å². The second kappa shape index (κ2) is 9.37. The number of carbonyl (C=O) groups is 2. The number of ether oxygens (including phenoxy) is 1. The summed E-state index contributed by atoms with van der Waals surface area (Å²) in [5.41, 5.74) is 0.851. The van der Waals surface area contributed by atoms with E-state index in [1.54, 1.807) is 55.5 Å². The first kappa shape index (κ1) is 21.8. The van der Waals surface area contributed by atoms with Gasteiger partial charge in [0.2, 0.25) is 5.60 Å². The first-order chi connectivity index (χ1) is 15.5. The number of rotatable bonds is 6. The minimum absolute atomic E-state index is 0.0477. The van der Waals surface area contributed by atoms with Crippen molar-refractivity contribution in [1.29, 1.82) is 0 Å². The summed E-state index contributed by atoms with van der Waals surface area (Å²) in [7, 11) is 0. The Morgan fingerprint density at radius 3 is 1.81 bits per heavy atom. The smallest absolute Gasteiger partial charge is 0.347 e. The van der Waals surface area contributed by atoms with Crippen LogP contribution in [0.3, 0.4) is 0 Å². The van der Waals surface area contributed by atoms with Crippen molar-refractivity contribution in [2.45, 2.75) is 31.5 Å². The molecule has 0 bridgehead atoms. The summed E-state index contributed by atoms with van der Waals surface area (Å²) in [5, 5.41) is 11.5. The normalized spacial score (nSPS) is 14.8. The number of anilines is 1. The van der Waals surface area contributed by atoms with Crippen LogP contribution in [-0.4, -0.2) is 36.1 Å². The van der Waals surface area contributed by atoms with Crippen LogP contribution in [0.15, 0.2) is 84.9 Å². The van der Waals surface area contributed by atoms with E-state index in [-0.39, 0.29) is 11.9 Å². The summed E-state index contributed by atoms with van der Waals surface area (Å²) in [4.78, 5) is 27.0. The molecular weight excluding hydrogens is 402 g/mol. The highest BCUT2D eigenvalue weighted by molar-refractivity contribution is 5.94. The summed E-state index contributed by atoms with van der Waals surface area (Å²) >= 11 is 0. The van der Waals surface area contributed by atoms with Gasteiger partial charge in [-0.15, -0.1) is 0 Å². The fourth-order valence-electron chi connectivity index (χ4n) is 4.14. The molecule has 32 heavy (non-hydrogen) atoms. The number of benzene rings is 3. The Hall–Kier alpha value is -3.44. The summed E-state index contributed by atoms with van der Waals surface area (Å²) in [6, 6.07) is 25.4. The minimum atomic E-state index is -1.86. The Kier molecular flexibility index (Phi) is 6.37. The topological polar surface area (TPSA) is 66.8 Å². The summed E-state index contributed by atoms with van der Waals surface area (Å²) < 4.78 is 5.84. The molecule has 0 aliphatic carbocycles. The van der Waals surface area contributed by atoms with Crippen molar-refractivity contribution in [3.8, 4) is 0 Å². The molecule has 0 aromatic heterocycles. The van der Waals surface area contributed by atoms with E-state index in [1.165, 1.54) is 0 Å². The Morgan fingerprint density at radius 2 is 1.34 bits per heavy atom. The third-order valence-corrected chi connectivity index (χ3v) is 6.03. The lowest BCUT2D eigenvalue weighted by molar-refractivity contribution is -0.168. The number of aliphatic hydroxyl groups is 1. The molecule has 0 radical (unpaired) electrons. The van der Waals surface area contributed by atoms with E-state index in [2.05, 4.69) is 4.90 Å². The standard InChI is InChI=1S/C27H27NO4/c1-20(29)21-12-14-24(15-13-21)28-18-16-25(17-19-28)32-26(30)27(31,22-8-4-2-5-9-22)23-10-6-3-7-11-23/h2-15,25,31H,16-19H2,1H3. The van der Waals surface area contributed by atoms with Crippen molar-refractivity contribution in [3.63, 3.8) is 0 Å². The van der Waals surface area contributed by atoms with Crippen LogP contribution in [-0.2, 0) is 15.1 Å². The first-order valence-electron chi connectivity index (χ1n) is 10.9. The fraction of sp³-hybridized carbons (Fsp3) is 0.259. The number of ketones is 1. The number of carbonyl (C=O) groups excluding carboxylic acids is 2. The molecule has 1 saturated heterocycles. The second-order valence-electron chi connectivity index (χ2n) is 8.14. The number of Topliss-reactive ketones (excluding diaryl/α,β-unsaturated/α-hetero) is 1. The predicted molar refractivity (Wildman–Crippen MR) is 124 cm³/mol. The Bertz CT molecular complexity index is 1020. The number of esters is 1. The van der Waals surface area contributed by atoms with Crippen molar-refractivity contribution in [2.75, 3.05) is 18.0 Å². The maximum Gasteiger partial charge on any atom is 0.347 e. The van der Waals surface area contributed by atoms with E-state index < -0.39 is 11.6 Å². The number of hydrogen-bond donors (Lipinski definition) is 1. The van der Waals surface area contributed by atoms with Gasteiger partial charge >= 0.3 is 5.97 Å². The van der Waals surface area contributed by atoms with Gasteiger partial charge < -0.3 is 14.7 Å². The van der Waals surface area contributed by atoms with Gasteiger partial charge in [-0.2, -0.15) is 0 Å². The van der Waals surface area contributed by atoms with Crippen LogP contribution in [0, 0.1) is 0 Å². The lowest BCUT2D eigenvalue weighted by Gasteiger charge is -2.35. The molecule has 0 spiro atoms. The highest BCUT2D eigenvalue weighted by Gasteiger charge is 2.43. The molecular formula is C27H27NO4. The van der Waals surface area contributed by atoms with Gasteiger partial charge in [-0.25, -0.2) is 4.79 Å². The van der Waals surface area contributed by atoms with Crippen molar-refractivity contribution in [1.82, 2.24) is 0 Å². The summed E-state index contributed by atoms with van der Waals surface area (Å²) in [6.45, 7) is 3.01. The van der Waals surface area contributed by atoms with Crippen LogP contribution >= 0.6 is 0 Å². The monoisotopic (exact) mass is 429 g/mol. The van der Waals surface area contributed by atoms with Crippen LogP contribution < -0.4 is 4.90 Å². The molecule has 0 amide bonds. The largest absolute Gasteiger partial charge is 0.460 e. The van der Waals surface area contributed by atoms with E-state index in [0.717, 1.165) is 18.8 Å². The molecule has 4 rings (SSSR count). The van der Waals surface area contributed by atoms with Gasteiger partial charge in [0.15, 0.2) is 5.78 Å². The highest BCUT2D eigenvalue weighted by atomic mass is 16.6. The van der Waals surface area contributed by atoms with E-state index in [1.807, 2.05) is 36.4 Å². The summed E-state index contributed by atoms with van der Waals surface area (Å²) in [6.07, 6.45) is 1.06. The van der Waals surface area contributed by atoms with E-state index in [0.29, 0.717) is 29.5 Å². The predicted octanol–water partition coefficient (Wildman–Crippen LogP) is 4.34. The SMILES string of the molecule is CC(=O)c1ccc(N2CCC(OC(=O)C(O)(c3ccccc3)c3ccccc3)CC2)cc1. The first-order valence-corrected chi connectivity index (χ1v) is 10.9. The van der Waals surface area contributed by atoms with Crippen LogP contribution in [0.4, 0.5) is 5.69 Å². The molecule has 5 nitrogen and oxygen atoms in total. The molecule has 1 N–H and O–H groups in total. The molecule has 5 heteroatoms. The van der Waals surface area contributed by atoms with Gasteiger partial charge in [-0.1, -0.05) is 60.7 Å². The molecule has 0 atom stereocenters. The van der Waals surface area contributed by atoms with Gasteiger partial charge in [0.25, 0.3) is 0 Å². The molecule has 1 aliphatic heterocycles. The van der Waals surface area contributed by atoms with Crippen molar-refractivity contribution >= 4 is 17.4 Å². The van der Waals surface area contributed by atoms with Crippen LogP contribution in [0.25, 0.3) is 0 Å². The highest BCUT2D eigenvalue weighted by Crippen LogP contribution is 2.32. The van der Waals surface area contributed by atoms with Crippen LogP contribution in [0.5, 0.6) is 0 Å². The Balaban J connectivity index is 1.45. The molecule has 3 aromatic carbocycles. The lowest BCUT2D eigenvalue weighted by Crippen LogP contribution is -2.43. The lowest BCUT2D eigenvalue weighted by atomic mass is 9.86. The molecule has 1 heterocycles. The molecule has 1 aliphatic rings. The van der Waals surface area contributed by atoms with Crippen molar-refractivity contribution in [3.05, 3.63) is 102 Å².